The van der Waals surface area contributed by atoms with Gasteiger partial charge >= 0.3 is 0 Å². The number of aliphatic imine (C=N–C) groups is 1. The summed E-state index contributed by atoms with van der Waals surface area (Å²) in [7, 11) is -3.39. The van der Waals surface area contributed by atoms with Crippen molar-refractivity contribution < 1.29 is 13.2 Å². The number of nitrogens with one attached hydrogen (secondary N) is 2. The van der Waals surface area contributed by atoms with Crippen molar-refractivity contribution >= 4 is 27.6 Å². The van der Waals surface area contributed by atoms with E-state index in [4.69, 9.17) is 0 Å². The third-order valence-corrected chi connectivity index (χ3v) is 7.48. The molecule has 0 atom stereocenters. The van der Waals surface area contributed by atoms with Gasteiger partial charge in [0, 0.05) is 45.7 Å². The minimum absolute atomic E-state index is 0.00796. The van der Waals surface area contributed by atoms with Crippen LogP contribution >= 0.6 is 0 Å². The molecule has 0 spiro atoms. The van der Waals surface area contributed by atoms with Crippen LogP contribution < -0.4 is 14.9 Å². The van der Waals surface area contributed by atoms with Crippen LogP contribution in [0.4, 0.5) is 5.69 Å². The number of amides is 1. The summed E-state index contributed by atoms with van der Waals surface area (Å²) in [6.45, 7) is 5.63. The molecule has 9 heteroatoms. The van der Waals surface area contributed by atoms with Crippen molar-refractivity contribution in [3.63, 3.8) is 0 Å². The maximum atomic E-state index is 12.8. The van der Waals surface area contributed by atoms with Crippen LogP contribution in [-0.4, -0.2) is 70.2 Å². The number of carbonyl (C=O) groups is 1. The summed E-state index contributed by atoms with van der Waals surface area (Å²) < 4.78 is 27.2. The molecule has 3 rings (SSSR count). The molecule has 1 amide bonds. The maximum Gasteiger partial charge on any atom is 0.236 e. The molecule has 1 fully saturated rings. The van der Waals surface area contributed by atoms with Crippen LogP contribution in [0.3, 0.4) is 0 Å². The molecular formula is C22H35N5O3S. The quantitative estimate of drug-likeness (QED) is 0.340. The summed E-state index contributed by atoms with van der Waals surface area (Å²) >= 11 is 0. The zero-order valence-corrected chi connectivity index (χ0v) is 19.3. The molecular weight excluding hydrogens is 414 g/mol. The Hall–Kier alpha value is -2.29. The van der Waals surface area contributed by atoms with E-state index in [-0.39, 0.29) is 18.2 Å². The van der Waals surface area contributed by atoms with Crippen LogP contribution in [0, 0.1) is 0 Å². The molecule has 2 aliphatic heterocycles. The summed E-state index contributed by atoms with van der Waals surface area (Å²) in [6.07, 6.45) is 5.41. The monoisotopic (exact) mass is 449 g/mol. The lowest BCUT2D eigenvalue weighted by molar-refractivity contribution is -0.130. The Morgan fingerprint density at radius 1 is 1.10 bits per heavy atom. The van der Waals surface area contributed by atoms with Crippen LogP contribution in [-0.2, 0) is 21.2 Å². The van der Waals surface area contributed by atoms with E-state index in [1.165, 1.54) is 4.31 Å². The van der Waals surface area contributed by atoms with Gasteiger partial charge in [-0.15, -0.1) is 0 Å². The second-order valence-corrected chi connectivity index (χ2v) is 10.0. The molecule has 1 saturated heterocycles. The zero-order valence-electron chi connectivity index (χ0n) is 18.5. The van der Waals surface area contributed by atoms with Gasteiger partial charge in [-0.3, -0.25) is 14.1 Å². The van der Waals surface area contributed by atoms with E-state index in [0.717, 1.165) is 56.4 Å². The van der Waals surface area contributed by atoms with Gasteiger partial charge in [0.05, 0.1) is 11.4 Å². The SMILES string of the molecule is CCNC(=NCCCN1CCCCCC1=O)NCCS(=O)(=O)N1CCc2ccccc21. The third-order valence-electron chi connectivity index (χ3n) is 5.70. The Kier molecular flexibility index (Phi) is 8.57. The van der Waals surface area contributed by atoms with Crippen molar-refractivity contribution in [1.82, 2.24) is 15.5 Å². The van der Waals surface area contributed by atoms with Gasteiger partial charge in [-0.2, -0.15) is 0 Å². The second-order valence-electron chi connectivity index (χ2n) is 8.00. The summed E-state index contributed by atoms with van der Waals surface area (Å²) in [5.74, 6) is 0.871. The van der Waals surface area contributed by atoms with Gasteiger partial charge in [0.2, 0.25) is 15.9 Å². The average molecular weight is 450 g/mol. The van der Waals surface area contributed by atoms with Gasteiger partial charge in [-0.05, 0) is 44.2 Å². The molecule has 2 heterocycles. The number of nitrogens with zero attached hydrogens (tertiary/aromatic N) is 3. The fourth-order valence-electron chi connectivity index (χ4n) is 4.07. The number of guanidine groups is 1. The molecule has 2 aliphatic rings. The van der Waals surface area contributed by atoms with Crippen molar-refractivity contribution in [2.75, 3.05) is 49.3 Å². The lowest BCUT2D eigenvalue weighted by Crippen LogP contribution is -2.42. The molecule has 0 radical (unpaired) electrons. The van der Waals surface area contributed by atoms with Crippen molar-refractivity contribution in [3.05, 3.63) is 29.8 Å². The molecule has 8 nitrogen and oxygen atoms in total. The predicted octanol–water partition coefficient (Wildman–Crippen LogP) is 1.73. The number of fused-ring (bicyclic) bond motifs is 1. The fraction of sp³-hybridized carbons (Fsp3) is 0.636. The highest BCUT2D eigenvalue weighted by atomic mass is 32.2. The first-order valence-electron chi connectivity index (χ1n) is 11.4. The third kappa shape index (κ3) is 6.59. The summed E-state index contributed by atoms with van der Waals surface area (Å²) in [5.41, 5.74) is 1.88. The van der Waals surface area contributed by atoms with Crippen molar-refractivity contribution in [3.8, 4) is 0 Å². The van der Waals surface area contributed by atoms with Crippen LogP contribution in [0.15, 0.2) is 29.3 Å². The molecule has 31 heavy (non-hydrogen) atoms. The Balaban J connectivity index is 1.46. The molecule has 0 bridgehead atoms. The van der Waals surface area contributed by atoms with Gasteiger partial charge in [-0.25, -0.2) is 8.42 Å². The van der Waals surface area contributed by atoms with Crippen molar-refractivity contribution in [2.45, 2.75) is 45.4 Å². The molecule has 172 valence electrons. The fourth-order valence-corrected chi connectivity index (χ4v) is 5.50. The van der Waals surface area contributed by atoms with E-state index in [2.05, 4.69) is 15.6 Å². The highest BCUT2D eigenvalue weighted by molar-refractivity contribution is 7.92. The summed E-state index contributed by atoms with van der Waals surface area (Å²) in [5, 5.41) is 6.30. The number of benzene rings is 1. The number of para-hydroxylation sites is 1. The Morgan fingerprint density at radius 3 is 2.77 bits per heavy atom. The Morgan fingerprint density at radius 2 is 1.94 bits per heavy atom. The van der Waals surface area contributed by atoms with Crippen LogP contribution in [0.5, 0.6) is 0 Å². The number of rotatable bonds is 9. The highest BCUT2D eigenvalue weighted by Crippen LogP contribution is 2.29. The number of carbonyl (C=O) groups excluding carboxylic acids is 1. The van der Waals surface area contributed by atoms with Crippen LogP contribution in [0.1, 0.15) is 44.6 Å². The predicted molar refractivity (Wildman–Crippen MR) is 125 cm³/mol. The standard InChI is InChI=1S/C22H35N5O3S/c1-2-23-22(24-13-8-16-26-15-7-3-4-11-21(26)28)25-14-18-31(29,30)27-17-12-19-9-5-6-10-20(19)27/h5-6,9-10H,2-4,7-8,11-18H2,1H3,(H2,23,24,25). The van der Waals surface area contributed by atoms with E-state index in [9.17, 15) is 13.2 Å². The van der Waals surface area contributed by atoms with Gasteiger partial charge in [0.15, 0.2) is 5.96 Å². The number of hydrogen-bond acceptors (Lipinski definition) is 4. The number of sulfonamides is 1. The topological polar surface area (TPSA) is 94.1 Å². The van der Waals surface area contributed by atoms with E-state index in [1.54, 1.807) is 0 Å². The maximum absolute atomic E-state index is 12.8. The lowest BCUT2D eigenvalue weighted by atomic mass is 10.2. The largest absolute Gasteiger partial charge is 0.357 e. The van der Waals surface area contributed by atoms with E-state index >= 15 is 0 Å². The van der Waals surface area contributed by atoms with Crippen molar-refractivity contribution in [1.29, 1.82) is 0 Å². The molecule has 0 aromatic heterocycles. The molecule has 0 aliphatic carbocycles. The minimum atomic E-state index is -3.39. The molecule has 2 N–H and O–H groups in total. The minimum Gasteiger partial charge on any atom is -0.357 e. The lowest BCUT2D eigenvalue weighted by Gasteiger charge is -2.20. The molecule has 1 aromatic carbocycles. The first-order chi connectivity index (χ1) is 15.0. The molecule has 0 unspecified atom stereocenters. The number of hydrogen-bond donors (Lipinski definition) is 2. The number of likely N-dealkylation sites (tertiary alicyclic amines) is 1. The smallest absolute Gasteiger partial charge is 0.236 e. The molecule has 0 saturated carbocycles. The average Bonchev–Trinajstić information content (AvgIpc) is 3.09. The highest BCUT2D eigenvalue weighted by Gasteiger charge is 2.28. The Bertz CT molecular complexity index is 872. The van der Waals surface area contributed by atoms with E-state index in [0.29, 0.717) is 32.0 Å². The van der Waals surface area contributed by atoms with Gasteiger partial charge in [-0.1, -0.05) is 24.6 Å². The Labute approximate surface area is 186 Å². The number of anilines is 1. The summed E-state index contributed by atoms with van der Waals surface area (Å²) in [6, 6.07) is 7.67. The zero-order chi connectivity index (χ0) is 22.1. The first-order valence-corrected chi connectivity index (χ1v) is 13.0. The second kappa shape index (κ2) is 11.4. The van der Waals surface area contributed by atoms with Crippen molar-refractivity contribution in [2.24, 2.45) is 4.99 Å². The van der Waals surface area contributed by atoms with Gasteiger partial charge in [0.25, 0.3) is 0 Å². The van der Waals surface area contributed by atoms with Crippen LogP contribution in [0.25, 0.3) is 0 Å². The summed E-state index contributed by atoms with van der Waals surface area (Å²) in [4.78, 5) is 18.6. The van der Waals surface area contributed by atoms with Crippen LogP contribution in [0.2, 0.25) is 0 Å². The van der Waals surface area contributed by atoms with Gasteiger partial charge < -0.3 is 15.5 Å². The first kappa shape index (κ1) is 23.4. The van der Waals surface area contributed by atoms with E-state index < -0.39 is 10.0 Å². The van der Waals surface area contributed by atoms with E-state index in [1.807, 2.05) is 36.1 Å². The normalized spacial score (nSPS) is 17.5. The van der Waals surface area contributed by atoms with Gasteiger partial charge in [0.1, 0.15) is 0 Å². The molecule has 1 aromatic rings.